The highest BCUT2D eigenvalue weighted by Crippen LogP contribution is 2.38. The molecule has 9 nitrogen and oxygen atoms in total. The minimum Gasteiger partial charge on any atom is -0.493 e. The van der Waals surface area contributed by atoms with Crippen molar-refractivity contribution in [1.29, 1.82) is 0 Å². The monoisotopic (exact) mass is 514 g/mol. The zero-order valence-electron chi connectivity index (χ0n) is 21.0. The largest absolute Gasteiger partial charge is 0.493 e. The summed E-state index contributed by atoms with van der Waals surface area (Å²) < 4.78 is 45.5. The molecule has 192 valence electrons. The number of aromatic amines is 1. The molecule has 0 aromatic carbocycles. The van der Waals surface area contributed by atoms with Crippen molar-refractivity contribution in [2.45, 2.75) is 38.5 Å². The molecule has 5 rings (SSSR count). The highest BCUT2D eigenvalue weighted by atomic mass is 32.2. The van der Waals surface area contributed by atoms with Gasteiger partial charge in [0.25, 0.3) is 0 Å². The molecule has 11 heteroatoms. The number of nitrogens with one attached hydrogen (secondary N) is 1. The van der Waals surface area contributed by atoms with Gasteiger partial charge in [-0.1, -0.05) is 13.8 Å². The number of rotatable bonds is 7. The van der Waals surface area contributed by atoms with Crippen LogP contribution >= 0.6 is 0 Å². The molecule has 0 spiro atoms. The predicted molar refractivity (Wildman–Crippen MR) is 137 cm³/mol. The number of hydrogen-bond donors (Lipinski definition) is 1. The highest BCUT2D eigenvalue weighted by Gasteiger charge is 2.27. The predicted octanol–water partition coefficient (Wildman–Crippen LogP) is 3.77. The summed E-state index contributed by atoms with van der Waals surface area (Å²) in [6, 6.07) is 3.46. The zero-order valence-corrected chi connectivity index (χ0v) is 21.8. The van der Waals surface area contributed by atoms with Crippen molar-refractivity contribution in [3.8, 4) is 17.0 Å². The van der Waals surface area contributed by atoms with Gasteiger partial charge in [-0.25, -0.2) is 27.3 Å². The summed E-state index contributed by atoms with van der Waals surface area (Å²) in [6.07, 6.45) is 6.10. The molecule has 4 aromatic rings. The van der Waals surface area contributed by atoms with Crippen LogP contribution in [0.2, 0.25) is 0 Å². The first-order chi connectivity index (χ1) is 17.1. The van der Waals surface area contributed by atoms with Gasteiger partial charge in [0.2, 0.25) is 0 Å². The quantitative estimate of drug-likeness (QED) is 0.400. The first-order valence-electron chi connectivity index (χ1n) is 12.1. The summed E-state index contributed by atoms with van der Waals surface area (Å²) in [5.74, 6) is 0.555. The molecule has 1 N–H and O–H groups in total. The van der Waals surface area contributed by atoms with Crippen LogP contribution in [0.25, 0.3) is 27.9 Å². The molecule has 5 heterocycles. The molecule has 1 aliphatic rings. The van der Waals surface area contributed by atoms with Crippen molar-refractivity contribution in [3.05, 3.63) is 41.7 Å². The Hall–Kier alpha value is -3.05. The number of likely N-dealkylation sites (tertiary alicyclic amines) is 1. The Labute approximate surface area is 209 Å². The first kappa shape index (κ1) is 24.6. The maximum Gasteiger partial charge on any atom is 0.197 e. The van der Waals surface area contributed by atoms with Gasteiger partial charge >= 0.3 is 0 Å². The average Bonchev–Trinajstić information content (AvgIpc) is 3.45. The number of aromatic nitrogens is 5. The van der Waals surface area contributed by atoms with Crippen LogP contribution < -0.4 is 4.74 Å². The summed E-state index contributed by atoms with van der Waals surface area (Å²) in [6.45, 7) is 6.17. The van der Waals surface area contributed by atoms with Crippen molar-refractivity contribution in [3.63, 3.8) is 0 Å². The zero-order chi connectivity index (χ0) is 25.6. The van der Waals surface area contributed by atoms with E-state index >= 15 is 4.39 Å². The third kappa shape index (κ3) is 4.69. The molecule has 0 radical (unpaired) electrons. The second-order valence-electron chi connectivity index (χ2n) is 9.89. The molecule has 1 saturated heterocycles. The van der Waals surface area contributed by atoms with Crippen molar-refractivity contribution >= 4 is 26.5 Å². The van der Waals surface area contributed by atoms with E-state index in [1.165, 1.54) is 12.6 Å². The molecule has 0 atom stereocenters. The standard InChI is InChI=1S/C25H31FN6O3S/c1-15(2)21-23(17-11-20(35-3)25-27-14-28-32(25)13-17)29-19-12-18(26)22(30-24(19)21)16-5-7-31(8-6-16)9-10-36(4,33)34/h11-16,29H,5-10H2,1-4H3. The molecule has 0 aliphatic carbocycles. The number of methoxy groups -OCH3 is 1. The van der Waals surface area contributed by atoms with Crippen LogP contribution in [0, 0.1) is 5.82 Å². The van der Waals surface area contributed by atoms with Crippen LogP contribution in [0.1, 0.15) is 49.8 Å². The maximum absolute atomic E-state index is 15.3. The molecular weight excluding hydrogens is 483 g/mol. The van der Waals surface area contributed by atoms with Gasteiger partial charge < -0.3 is 14.6 Å². The van der Waals surface area contributed by atoms with E-state index in [4.69, 9.17) is 9.72 Å². The molecule has 0 unspecified atom stereocenters. The van der Waals surface area contributed by atoms with Gasteiger partial charge in [-0.2, -0.15) is 5.10 Å². The van der Waals surface area contributed by atoms with Crippen LogP contribution in [0.5, 0.6) is 5.75 Å². The lowest BCUT2D eigenvalue weighted by atomic mass is 9.92. The molecule has 1 fully saturated rings. The van der Waals surface area contributed by atoms with Gasteiger partial charge in [0, 0.05) is 42.1 Å². The number of hydrogen-bond acceptors (Lipinski definition) is 7. The number of halogens is 1. The lowest BCUT2D eigenvalue weighted by Gasteiger charge is -2.31. The molecule has 36 heavy (non-hydrogen) atoms. The van der Waals surface area contributed by atoms with Crippen LogP contribution in [0.4, 0.5) is 4.39 Å². The minimum absolute atomic E-state index is 0.00570. The second kappa shape index (κ2) is 9.44. The number of nitrogens with zero attached hydrogens (tertiary/aromatic N) is 5. The fraction of sp³-hybridized carbons (Fsp3) is 0.480. The summed E-state index contributed by atoms with van der Waals surface area (Å²) >= 11 is 0. The van der Waals surface area contributed by atoms with E-state index in [1.54, 1.807) is 17.7 Å². The Morgan fingerprint density at radius 2 is 2.00 bits per heavy atom. The smallest absolute Gasteiger partial charge is 0.197 e. The third-order valence-electron chi connectivity index (χ3n) is 6.97. The maximum atomic E-state index is 15.3. The summed E-state index contributed by atoms with van der Waals surface area (Å²) in [5, 5.41) is 4.26. The van der Waals surface area contributed by atoms with E-state index in [1.807, 2.05) is 12.3 Å². The Kier molecular flexibility index (Phi) is 6.46. The third-order valence-corrected chi connectivity index (χ3v) is 7.89. The Balaban J connectivity index is 1.50. The molecule has 0 bridgehead atoms. The minimum atomic E-state index is -3.00. The van der Waals surface area contributed by atoms with Crippen molar-refractivity contribution < 1.29 is 17.5 Å². The molecule has 0 amide bonds. The van der Waals surface area contributed by atoms with Crippen LogP contribution in [0.3, 0.4) is 0 Å². The van der Waals surface area contributed by atoms with E-state index in [9.17, 15) is 8.42 Å². The Bertz CT molecular complexity index is 1520. The van der Waals surface area contributed by atoms with Crippen molar-refractivity contribution in [1.82, 2.24) is 29.5 Å². The van der Waals surface area contributed by atoms with E-state index in [2.05, 4.69) is 33.8 Å². The fourth-order valence-corrected chi connectivity index (χ4v) is 5.70. The normalized spacial score (nSPS) is 15.9. The van der Waals surface area contributed by atoms with Gasteiger partial charge in [0.15, 0.2) is 11.4 Å². The Morgan fingerprint density at radius 3 is 2.67 bits per heavy atom. The lowest BCUT2D eigenvalue weighted by molar-refractivity contribution is 0.220. The van der Waals surface area contributed by atoms with E-state index < -0.39 is 9.84 Å². The second-order valence-corrected chi connectivity index (χ2v) is 12.2. The van der Waals surface area contributed by atoms with E-state index in [0.717, 1.165) is 48.3 Å². The number of pyridine rings is 2. The topological polar surface area (TPSA) is 105 Å². The first-order valence-corrected chi connectivity index (χ1v) is 14.2. The molecule has 4 aromatic heterocycles. The summed E-state index contributed by atoms with van der Waals surface area (Å²) in [5.41, 5.74) is 5.26. The number of ether oxygens (including phenoxy) is 1. The van der Waals surface area contributed by atoms with E-state index in [-0.39, 0.29) is 23.4 Å². The molecule has 0 saturated carbocycles. The van der Waals surface area contributed by atoms with E-state index in [0.29, 0.717) is 29.2 Å². The average molecular weight is 515 g/mol. The van der Waals surface area contributed by atoms with Gasteiger partial charge in [0.05, 0.1) is 35.3 Å². The number of H-pyrrole nitrogens is 1. The lowest BCUT2D eigenvalue weighted by Crippen LogP contribution is -2.36. The number of fused-ring (bicyclic) bond motifs is 2. The van der Waals surface area contributed by atoms with Gasteiger partial charge in [-0.05, 0) is 37.9 Å². The van der Waals surface area contributed by atoms with Gasteiger partial charge in [-0.3, -0.25) is 0 Å². The van der Waals surface area contributed by atoms with Crippen molar-refractivity contribution in [2.75, 3.05) is 38.8 Å². The summed E-state index contributed by atoms with van der Waals surface area (Å²) in [4.78, 5) is 14.7. The summed E-state index contributed by atoms with van der Waals surface area (Å²) in [7, 11) is -1.41. The highest BCUT2D eigenvalue weighted by molar-refractivity contribution is 7.90. The van der Waals surface area contributed by atoms with Crippen LogP contribution in [-0.2, 0) is 9.84 Å². The molecular formula is C25H31FN6O3S. The number of sulfone groups is 1. The fourth-order valence-electron chi connectivity index (χ4n) is 5.11. The molecule has 1 aliphatic heterocycles. The van der Waals surface area contributed by atoms with Gasteiger partial charge in [-0.15, -0.1) is 0 Å². The Morgan fingerprint density at radius 1 is 1.25 bits per heavy atom. The van der Waals surface area contributed by atoms with Crippen LogP contribution in [0.15, 0.2) is 24.7 Å². The van der Waals surface area contributed by atoms with Crippen LogP contribution in [-0.4, -0.2) is 76.6 Å². The van der Waals surface area contributed by atoms with Gasteiger partial charge in [0.1, 0.15) is 22.0 Å². The SMILES string of the molecule is COc1cc(-c2[nH]c3cc(F)c(C4CCN(CCS(C)(=O)=O)CC4)nc3c2C(C)C)cn2ncnc12. The van der Waals surface area contributed by atoms with Crippen molar-refractivity contribution in [2.24, 2.45) is 0 Å². The number of piperidine rings is 1.